The molecule has 1 aromatic heterocycles. The van der Waals surface area contributed by atoms with Gasteiger partial charge in [0.05, 0.1) is 23.3 Å². The van der Waals surface area contributed by atoms with Gasteiger partial charge < -0.3 is 5.32 Å². The summed E-state index contributed by atoms with van der Waals surface area (Å²) in [6.07, 6.45) is 1.49. The SMILES string of the molecule is Cc1ccc(NC(=O)C(=O)N/N=C\c2c(C)nn(-c3ccccc3)c2C)cc1. The van der Waals surface area contributed by atoms with Crippen molar-refractivity contribution >= 4 is 23.7 Å². The molecule has 7 nitrogen and oxygen atoms in total. The van der Waals surface area contributed by atoms with Gasteiger partial charge in [0.15, 0.2) is 0 Å². The maximum absolute atomic E-state index is 11.9. The van der Waals surface area contributed by atoms with Crippen molar-refractivity contribution in [3.05, 3.63) is 77.1 Å². The van der Waals surface area contributed by atoms with E-state index in [1.54, 1.807) is 12.1 Å². The van der Waals surface area contributed by atoms with Gasteiger partial charge in [0.2, 0.25) is 0 Å². The fourth-order valence-corrected chi connectivity index (χ4v) is 2.69. The monoisotopic (exact) mass is 375 g/mol. The standard InChI is InChI=1S/C21H21N5O2/c1-14-9-11-17(12-10-14)23-20(27)21(28)24-22-13-19-15(2)25-26(16(19)3)18-7-5-4-6-8-18/h4-13H,1-3H3,(H,23,27)(H,24,28)/b22-13-. The summed E-state index contributed by atoms with van der Waals surface area (Å²) in [5.41, 5.74) is 7.22. The number of carbonyl (C=O) groups is 2. The summed E-state index contributed by atoms with van der Waals surface area (Å²) in [6.45, 7) is 5.72. The number of para-hydroxylation sites is 1. The Morgan fingerprint density at radius 1 is 0.964 bits per heavy atom. The van der Waals surface area contributed by atoms with Gasteiger partial charge in [-0.05, 0) is 45.0 Å². The summed E-state index contributed by atoms with van der Waals surface area (Å²) in [7, 11) is 0. The third kappa shape index (κ3) is 4.32. The molecule has 0 aliphatic rings. The number of hydrazone groups is 1. The Kier molecular flexibility index (Phi) is 5.64. The summed E-state index contributed by atoms with van der Waals surface area (Å²) in [5.74, 6) is -1.63. The molecule has 7 heteroatoms. The summed E-state index contributed by atoms with van der Waals surface area (Å²) < 4.78 is 1.81. The summed E-state index contributed by atoms with van der Waals surface area (Å²) in [4.78, 5) is 23.9. The molecule has 2 aromatic carbocycles. The van der Waals surface area contributed by atoms with Gasteiger partial charge in [-0.25, -0.2) is 10.1 Å². The van der Waals surface area contributed by atoms with Crippen LogP contribution in [-0.4, -0.2) is 27.8 Å². The van der Waals surface area contributed by atoms with Crippen molar-refractivity contribution in [2.45, 2.75) is 20.8 Å². The Balaban J connectivity index is 1.66. The minimum Gasteiger partial charge on any atom is -0.318 e. The maximum Gasteiger partial charge on any atom is 0.329 e. The molecule has 0 spiro atoms. The molecule has 0 aliphatic heterocycles. The highest BCUT2D eigenvalue weighted by molar-refractivity contribution is 6.39. The van der Waals surface area contributed by atoms with Crippen molar-refractivity contribution in [1.82, 2.24) is 15.2 Å². The fourth-order valence-electron chi connectivity index (χ4n) is 2.69. The molecule has 0 saturated heterocycles. The second-order valence-electron chi connectivity index (χ2n) is 6.35. The van der Waals surface area contributed by atoms with Gasteiger partial charge >= 0.3 is 11.8 Å². The van der Waals surface area contributed by atoms with Gasteiger partial charge in [0, 0.05) is 11.3 Å². The number of amides is 2. The highest BCUT2D eigenvalue weighted by atomic mass is 16.2. The van der Waals surface area contributed by atoms with E-state index in [1.165, 1.54) is 6.21 Å². The Hall–Kier alpha value is -3.74. The molecule has 142 valence electrons. The zero-order chi connectivity index (χ0) is 20.1. The van der Waals surface area contributed by atoms with Gasteiger partial charge in [-0.3, -0.25) is 9.59 Å². The van der Waals surface area contributed by atoms with Crippen LogP contribution in [0.25, 0.3) is 5.69 Å². The molecule has 1 heterocycles. The molecule has 3 rings (SSSR count). The van der Waals surface area contributed by atoms with Crippen molar-refractivity contribution in [3.8, 4) is 5.69 Å². The first-order chi connectivity index (χ1) is 13.5. The molecule has 2 amide bonds. The summed E-state index contributed by atoms with van der Waals surface area (Å²) in [6, 6.07) is 16.9. The van der Waals surface area contributed by atoms with Crippen LogP contribution in [0.15, 0.2) is 59.7 Å². The van der Waals surface area contributed by atoms with Crippen LogP contribution in [0, 0.1) is 20.8 Å². The van der Waals surface area contributed by atoms with Crippen LogP contribution >= 0.6 is 0 Å². The van der Waals surface area contributed by atoms with Crippen molar-refractivity contribution in [2.75, 3.05) is 5.32 Å². The number of hydrogen-bond donors (Lipinski definition) is 2. The number of benzene rings is 2. The average molecular weight is 375 g/mol. The van der Waals surface area contributed by atoms with Gasteiger partial charge in [0.25, 0.3) is 0 Å². The van der Waals surface area contributed by atoms with Crippen LogP contribution in [0.2, 0.25) is 0 Å². The number of carbonyl (C=O) groups excluding carboxylic acids is 2. The summed E-state index contributed by atoms with van der Waals surface area (Å²) >= 11 is 0. The third-order valence-corrected chi connectivity index (χ3v) is 4.22. The molecule has 3 aromatic rings. The predicted octanol–water partition coefficient (Wildman–Crippen LogP) is 2.89. The van der Waals surface area contributed by atoms with Crippen LogP contribution < -0.4 is 10.7 Å². The largest absolute Gasteiger partial charge is 0.329 e. The van der Waals surface area contributed by atoms with Crippen LogP contribution in [0.4, 0.5) is 5.69 Å². The van der Waals surface area contributed by atoms with Crippen LogP contribution in [0.5, 0.6) is 0 Å². The quantitative estimate of drug-likeness (QED) is 0.417. The fraction of sp³-hybridized carbons (Fsp3) is 0.143. The molecule has 2 N–H and O–H groups in total. The number of aromatic nitrogens is 2. The normalized spacial score (nSPS) is 10.8. The average Bonchev–Trinajstić information content (AvgIpc) is 2.98. The number of hydrogen-bond acceptors (Lipinski definition) is 4. The predicted molar refractivity (Wildman–Crippen MR) is 109 cm³/mol. The number of rotatable bonds is 4. The van der Waals surface area contributed by atoms with Crippen LogP contribution in [-0.2, 0) is 9.59 Å². The highest BCUT2D eigenvalue weighted by Gasteiger charge is 2.14. The van der Waals surface area contributed by atoms with Crippen molar-refractivity contribution < 1.29 is 9.59 Å². The first-order valence-electron chi connectivity index (χ1n) is 8.78. The Morgan fingerprint density at radius 2 is 1.64 bits per heavy atom. The van der Waals surface area contributed by atoms with Crippen molar-refractivity contribution in [1.29, 1.82) is 0 Å². The van der Waals surface area contributed by atoms with Gasteiger partial charge in [-0.15, -0.1) is 0 Å². The van der Waals surface area contributed by atoms with E-state index >= 15 is 0 Å². The molecule has 0 atom stereocenters. The second kappa shape index (κ2) is 8.30. The smallest absolute Gasteiger partial charge is 0.318 e. The minimum atomic E-state index is -0.845. The number of nitrogens with one attached hydrogen (secondary N) is 2. The highest BCUT2D eigenvalue weighted by Crippen LogP contribution is 2.16. The molecule has 0 aliphatic carbocycles. The first-order valence-corrected chi connectivity index (χ1v) is 8.78. The molecule has 0 bridgehead atoms. The van der Waals surface area contributed by atoms with E-state index in [1.807, 2.05) is 67.9 Å². The molecule has 28 heavy (non-hydrogen) atoms. The maximum atomic E-state index is 11.9. The lowest BCUT2D eigenvalue weighted by molar-refractivity contribution is -0.136. The Morgan fingerprint density at radius 3 is 2.32 bits per heavy atom. The van der Waals surface area contributed by atoms with Crippen molar-refractivity contribution in [2.24, 2.45) is 5.10 Å². The second-order valence-corrected chi connectivity index (χ2v) is 6.35. The molecule has 0 saturated carbocycles. The lowest BCUT2D eigenvalue weighted by atomic mass is 10.2. The van der Waals surface area contributed by atoms with Crippen LogP contribution in [0.1, 0.15) is 22.5 Å². The molecule has 0 unspecified atom stereocenters. The zero-order valence-corrected chi connectivity index (χ0v) is 15.9. The van der Waals surface area contributed by atoms with E-state index < -0.39 is 11.8 Å². The lowest BCUT2D eigenvalue weighted by Gasteiger charge is -2.04. The molecular formula is C21H21N5O2. The topological polar surface area (TPSA) is 88.4 Å². The molecule has 0 radical (unpaired) electrons. The summed E-state index contributed by atoms with van der Waals surface area (Å²) in [5, 5.41) is 10.9. The van der Waals surface area contributed by atoms with E-state index in [0.29, 0.717) is 5.69 Å². The van der Waals surface area contributed by atoms with Gasteiger partial charge in [0.1, 0.15) is 0 Å². The molecule has 0 fully saturated rings. The number of anilines is 1. The Bertz CT molecular complexity index is 1020. The number of aryl methyl sites for hydroxylation is 2. The Labute approximate surface area is 163 Å². The van der Waals surface area contributed by atoms with E-state index in [0.717, 1.165) is 28.2 Å². The lowest BCUT2D eigenvalue weighted by Crippen LogP contribution is -2.32. The molecular weight excluding hydrogens is 354 g/mol. The zero-order valence-electron chi connectivity index (χ0n) is 15.9. The van der Waals surface area contributed by atoms with E-state index in [2.05, 4.69) is 20.9 Å². The van der Waals surface area contributed by atoms with E-state index in [4.69, 9.17) is 0 Å². The van der Waals surface area contributed by atoms with Crippen LogP contribution in [0.3, 0.4) is 0 Å². The van der Waals surface area contributed by atoms with Crippen molar-refractivity contribution in [3.63, 3.8) is 0 Å². The van der Waals surface area contributed by atoms with Gasteiger partial charge in [-0.1, -0.05) is 35.9 Å². The third-order valence-electron chi connectivity index (χ3n) is 4.22. The number of nitrogens with zero attached hydrogens (tertiary/aromatic N) is 3. The van der Waals surface area contributed by atoms with Gasteiger partial charge in [-0.2, -0.15) is 10.2 Å². The van der Waals surface area contributed by atoms with E-state index in [-0.39, 0.29) is 0 Å². The van der Waals surface area contributed by atoms with E-state index in [9.17, 15) is 9.59 Å². The first kappa shape index (κ1) is 19.0. The minimum absolute atomic E-state index is 0.547.